The predicted molar refractivity (Wildman–Crippen MR) is 74.5 cm³/mol. The summed E-state index contributed by atoms with van der Waals surface area (Å²) in [4.78, 5) is 0. The molecule has 1 N–H and O–H groups in total. The lowest BCUT2D eigenvalue weighted by molar-refractivity contribution is 0.391. The smallest absolute Gasteiger partial charge is 0.138 e. The van der Waals surface area contributed by atoms with E-state index in [1.807, 2.05) is 25.6 Å². The molecule has 0 radical (unpaired) electrons. The number of rotatable bonds is 7. The van der Waals surface area contributed by atoms with Gasteiger partial charge in [0.05, 0.1) is 5.69 Å². The van der Waals surface area contributed by atoms with Crippen LogP contribution in [0.2, 0.25) is 0 Å². The molecule has 0 saturated carbocycles. The van der Waals surface area contributed by atoms with Crippen molar-refractivity contribution in [2.24, 2.45) is 0 Å². The molecule has 0 fully saturated rings. The number of nitrogens with one attached hydrogen (secondary N) is 1. The number of thioether (sulfide) groups is 1. The van der Waals surface area contributed by atoms with Gasteiger partial charge in [0.2, 0.25) is 0 Å². The first kappa shape index (κ1) is 14.6. The first-order chi connectivity index (χ1) is 8.08. The Morgan fingerprint density at radius 1 is 1.29 bits per heavy atom. The van der Waals surface area contributed by atoms with Crippen LogP contribution in [0.3, 0.4) is 0 Å². The Morgan fingerprint density at radius 2 is 1.94 bits per heavy atom. The highest BCUT2D eigenvalue weighted by Crippen LogP contribution is 2.29. The molecule has 0 spiro atoms. The van der Waals surface area contributed by atoms with Gasteiger partial charge in [-0.1, -0.05) is 19.0 Å². The molecule has 0 amide bonds. The highest BCUT2D eigenvalue weighted by Gasteiger charge is 2.24. The molecule has 1 rings (SSSR count). The molecule has 1 aromatic rings. The molecule has 0 aromatic carbocycles. The summed E-state index contributed by atoms with van der Waals surface area (Å²) in [5.74, 6) is 0.928. The summed E-state index contributed by atoms with van der Waals surface area (Å²) < 4.78 is 5.52. The zero-order chi connectivity index (χ0) is 12.9. The van der Waals surface area contributed by atoms with Gasteiger partial charge in [-0.05, 0) is 32.9 Å². The van der Waals surface area contributed by atoms with Crippen molar-refractivity contribution < 1.29 is 4.52 Å². The molecular formula is C13H24N2OS. The second-order valence-electron chi connectivity index (χ2n) is 4.50. The van der Waals surface area contributed by atoms with Gasteiger partial charge in [-0.3, -0.25) is 0 Å². The summed E-state index contributed by atoms with van der Waals surface area (Å²) >= 11 is 1.96. The zero-order valence-corrected chi connectivity index (χ0v) is 12.4. The van der Waals surface area contributed by atoms with Crippen LogP contribution in [0.5, 0.6) is 0 Å². The molecular weight excluding hydrogens is 232 g/mol. The largest absolute Gasteiger partial charge is 0.361 e. The predicted octanol–water partition coefficient (Wildman–Crippen LogP) is 3.30. The van der Waals surface area contributed by atoms with Crippen LogP contribution in [0.15, 0.2) is 4.52 Å². The molecule has 17 heavy (non-hydrogen) atoms. The molecule has 1 heterocycles. The van der Waals surface area contributed by atoms with Crippen molar-refractivity contribution in [2.75, 3.05) is 12.8 Å². The van der Waals surface area contributed by atoms with E-state index < -0.39 is 0 Å². The summed E-state index contributed by atoms with van der Waals surface area (Å²) in [6, 6.07) is 0. The van der Waals surface area contributed by atoms with Crippen LogP contribution in [0.25, 0.3) is 0 Å². The fraction of sp³-hybridized carbons (Fsp3) is 0.769. The lowest BCUT2D eigenvalue weighted by Crippen LogP contribution is -2.36. The van der Waals surface area contributed by atoms with Crippen LogP contribution in [-0.2, 0) is 6.54 Å². The van der Waals surface area contributed by atoms with Gasteiger partial charge in [-0.2, -0.15) is 11.8 Å². The fourth-order valence-electron chi connectivity index (χ4n) is 2.03. The van der Waals surface area contributed by atoms with Crippen LogP contribution in [-0.4, -0.2) is 22.7 Å². The second-order valence-corrected chi connectivity index (χ2v) is 5.77. The normalized spacial score (nSPS) is 12.1. The van der Waals surface area contributed by atoms with Gasteiger partial charge in [-0.25, -0.2) is 0 Å². The highest BCUT2D eigenvalue weighted by molar-refractivity contribution is 8.00. The average molecular weight is 256 g/mol. The third-order valence-electron chi connectivity index (χ3n) is 3.65. The topological polar surface area (TPSA) is 38.1 Å². The van der Waals surface area contributed by atoms with Crippen LogP contribution < -0.4 is 5.32 Å². The lowest BCUT2D eigenvalue weighted by Gasteiger charge is -2.30. The Morgan fingerprint density at radius 3 is 2.35 bits per heavy atom. The molecule has 98 valence electrons. The van der Waals surface area contributed by atoms with E-state index in [-0.39, 0.29) is 0 Å². The monoisotopic (exact) mass is 256 g/mol. The minimum atomic E-state index is 0.360. The minimum absolute atomic E-state index is 0.360. The van der Waals surface area contributed by atoms with Crippen molar-refractivity contribution in [2.45, 2.75) is 51.8 Å². The SMILES string of the molecule is CCC(CC)(CNCc1c(C)noc1C)SC. The zero-order valence-electron chi connectivity index (χ0n) is 11.6. The number of hydrogen-bond donors (Lipinski definition) is 1. The standard InChI is InChI=1S/C13H24N2OS/c1-6-13(7-2,17-5)9-14-8-12-10(3)15-16-11(12)4/h14H,6-9H2,1-5H3. The van der Waals surface area contributed by atoms with Crippen molar-refractivity contribution in [3.63, 3.8) is 0 Å². The molecule has 0 unspecified atom stereocenters. The van der Waals surface area contributed by atoms with Gasteiger partial charge in [0, 0.05) is 23.4 Å². The number of aromatic nitrogens is 1. The third-order valence-corrected chi connectivity index (χ3v) is 5.24. The lowest BCUT2D eigenvalue weighted by atomic mass is 10.0. The van der Waals surface area contributed by atoms with E-state index in [4.69, 9.17) is 4.52 Å². The van der Waals surface area contributed by atoms with Gasteiger partial charge in [-0.15, -0.1) is 0 Å². The average Bonchev–Trinajstić information content (AvgIpc) is 2.66. The van der Waals surface area contributed by atoms with Gasteiger partial charge >= 0.3 is 0 Å². The number of hydrogen-bond acceptors (Lipinski definition) is 4. The molecule has 3 nitrogen and oxygen atoms in total. The number of aryl methyl sites for hydroxylation is 2. The maximum Gasteiger partial charge on any atom is 0.138 e. The third kappa shape index (κ3) is 3.49. The molecule has 0 aliphatic rings. The molecule has 1 aromatic heterocycles. The van der Waals surface area contributed by atoms with Crippen molar-refractivity contribution in [1.82, 2.24) is 10.5 Å². The molecule has 4 heteroatoms. The molecule has 0 bridgehead atoms. The Labute approximate surface area is 109 Å². The van der Waals surface area contributed by atoms with Crippen LogP contribution >= 0.6 is 11.8 Å². The summed E-state index contributed by atoms with van der Waals surface area (Å²) in [6.07, 6.45) is 4.59. The fourth-order valence-corrected chi connectivity index (χ4v) is 2.85. The Bertz CT molecular complexity index is 317. The van der Waals surface area contributed by atoms with E-state index in [9.17, 15) is 0 Å². The maximum absolute atomic E-state index is 5.16. The Balaban J connectivity index is 2.52. The first-order valence-corrected chi connectivity index (χ1v) is 7.48. The maximum atomic E-state index is 5.16. The van der Waals surface area contributed by atoms with E-state index in [0.717, 1.165) is 24.5 Å². The summed E-state index contributed by atoms with van der Waals surface area (Å²) in [5.41, 5.74) is 2.20. The van der Waals surface area contributed by atoms with Crippen LogP contribution in [0, 0.1) is 13.8 Å². The molecule has 0 saturated heterocycles. The summed E-state index contributed by atoms with van der Waals surface area (Å²) in [5, 5.41) is 7.51. The molecule has 0 aliphatic carbocycles. The molecule has 0 aliphatic heterocycles. The number of nitrogens with zero attached hydrogens (tertiary/aromatic N) is 1. The van der Waals surface area contributed by atoms with Gasteiger partial charge in [0.15, 0.2) is 0 Å². The van der Waals surface area contributed by atoms with Crippen LogP contribution in [0.4, 0.5) is 0 Å². The van der Waals surface area contributed by atoms with E-state index >= 15 is 0 Å². The summed E-state index contributed by atoms with van der Waals surface area (Å²) in [6.45, 7) is 10.4. The van der Waals surface area contributed by atoms with Crippen molar-refractivity contribution in [1.29, 1.82) is 0 Å². The van der Waals surface area contributed by atoms with Gasteiger partial charge < -0.3 is 9.84 Å². The van der Waals surface area contributed by atoms with Gasteiger partial charge in [0.1, 0.15) is 5.76 Å². The van der Waals surface area contributed by atoms with E-state index in [1.165, 1.54) is 18.4 Å². The van der Waals surface area contributed by atoms with E-state index in [0.29, 0.717) is 4.75 Å². The van der Waals surface area contributed by atoms with Crippen molar-refractivity contribution >= 4 is 11.8 Å². The van der Waals surface area contributed by atoms with Crippen molar-refractivity contribution in [3.05, 3.63) is 17.0 Å². The Kier molecular flexibility index (Phi) is 5.53. The Hall–Kier alpha value is -0.480. The van der Waals surface area contributed by atoms with Crippen LogP contribution in [0.1, 0.15) is 43.7 Å². The summed E-state index contributed by atoms with van der Waals surface area (Å²) in [7, 11) is 0. The van der Waals surface area contributed by atoms with Crippen molar-refractivity contribution in [3.8, 4) is 0 Å². The quantitative estimate of drug-likeness (QED) is 0.812. The minimum Gasteiger partial charge on any atom is -0.361 e. The van der Waals surface area contributed by atoms with Gasteiger partial charge in [0.25, 0.3) is 0 Å². The highest BCUT2D eigenvalue weighted by atomic mass is 32.2. The molecule has 0 atom stereocenters. The van der Waals surface area contributed by atoms with E-state index in [2.05, 4.69) is 30.6 Å². The second kappa shape index (κ2) is 6.45. The first-order valence-electron chi connectivity index (χ1n) is 6.26. The van der Waals surface area contributed by atoms with E-state index in [1.54, 1.807) is 0 Å².